The SMILES string of the molecule is CCC(C)(C)n1nnnc1[C@H](c1cc2c(C)cc(C)cc2[nH]c1=O)N(Cc1ccc(Cl)cc1)C[C@H]1CCCO1. The Balaban J connectivity index is 1.72. The quantitative estimate of drug-likeness (QED) is 0.288. The van der Waals surface area contributed by atoms with Crippen molar-refractivity contribution in [2.75, 3.05) is 13.2 Å². The lowest BCUT2D eigenvalue weighted by atomic mass is 9.97. The van der Waals surface area contributed by atoms with Gasteiger partial charge in [0.15, 0.2) is 5.82 Å². The number of pyridine rings is 1. The molecular weight excluding hydrogens is 512 g/mol. The predicted octanol–water partition coefficient (Wildman–Crippen LogP) is 5.70. The predicted molar refractivity (Wildman–Crippen MR) is 154 cm³/mol. The van der Waals surface area contributed by atoms with Gasteiger partial charge in [-0.05, 0) is 98.3 Å². The number of H-pyrrole nitrogens is 1. The molecule has 0 amide bonds. The van der Waals surface area contributed by atoms with Crippen LogP contribution in [0.15, 0.2) is 47.3 Å². The van der Waals surface area contributed by atoms with Crippen molar-refractivity contribution in [2.45, 2.75) is 78.1 Å². The molecule has 0 aliphatic carbocycles. The third-order valence-electron chi connectivity index (χ3n) is 7.94. The largest absolute Gasteiger partial charge is 0.377 e. The lowest BCUT2D eigenvalue weighted by molar-refractivity contribution is 0.0562. The topological polar surface area (TPSA) is 88.9 Å². The second-order valence-electron chi connectivity index (χ2n) is 11.3. The molecule has 0 radical (unpaired) electrons. The summed E-state index contributed by atoms with van der Waals surface area (Å²) in [5.41, 5.74) is 4.26. The second-order valence-corrected chi connectivity index (χ2v) is 11.7. The van der Waals surface area contributed by atoms with E-state index in [9.17, 15) is 4.79 Å². The van der Waals surface area contributed by atoms with E-state index in [0.717, 1.165) is 53.5 Å². The first-order chi connectivity index (χ1) is 18.7. The molecule has 0 bridgehead atoms. The molecule has 1 N–H and O–H groups in total. The highest BCUT2D eigenvalue weighted by molar-refractivity contribution is 6.30. The van der Waals surface area contributed by atoms with Gasteiger partial charge in [0.2, 0.25) is 0 Å². The number of fused-ring (bicyclic) bond motifs is 1. The Kier molecular flexibility index (Phi) is 7.89. The van der Waals surface area contributed by atoms with Crippen LogP contribution in [0.4, 0.5) is 0 Å². The highest BCUT2D eigenvalue weighted by Gasteiger charge is 2.36. The zero-order valence-electron chi connectivity index (χ0n) is 23.4. The Bertz CT molecular complexity index is 1500. The fourth-order valence-electron chi connectivity index (χ4n) is 5.47. The molecule has 0 saturated carbocycles. The molecule has 0 unspecified atom stereocenters. The average Bonchev–Trinajstić information content (AvgIpc) is 3.59. The van der Waals surface area contributed by atoms with Crippen LogP contribution < -0.4 is 5.56 Å². The maximum absolute atomic E-state index is 13.9. The van der Waals surface area contributed by atoms with Crippen molar-refractivity contribution in [1.82, 2.24) is 30.1 Å². The zero-order chi connectivity index (χ0) is 27.7. The van der Waals surface area contributed by atoms with Gasteiger partial charge in [0.1, 0.15) is 6.04 Å². The molecule has 0 spiro atoms. The van der Waals surface area contributed by atoms with E-state index in [1.807, 2.05) is 48.0 Å². The van der Waals surface area contributed by atoms with E-state index in [2.05, 4.69) is 59.2 Å². The van der Waals surface area contributed by atoms with Gasteiger partial charge in [-0.15, -0.1) is 5.10 Å². The van der Waals surface area contributed by atoms with Gasteiger partial charge in [-0.25, -0.2) is 4.68 Å². The first-order valence-electron chi connectivity index (χ1n) is 13.7. The number of hydrogen-bond acceptors (Lipinski definition) is 6. The summed E-state index contributed by atoms with van der Waals surface area (Å²) in [7, 11) is 0. The number of hydrogen-bond donors (Lipinski definition) is 1. The van der Waals surface area contributed by atoms with Crippen LogP contribution in [-0.2, 0) is 16.8 Å². The molecule has 39 heavy (non-hydrogen) atoms. The number of aromatic amines is 1. The molecule has 1 aliphatic rings. The van der Waals surface area contributed by atoms with Crippen molar-refractivity contribution < 1.29 is 4.74 Å². The molecule has 1 fully saturated rings. The molecule has 9 heteroatoms. The summed E-state index contributed by atoms with van der Waals surface area (Å²) in [5.74, 6) is 0.642. The van der Waals surface area contributed by atoms with E-state index in [-0.39, 0.29) is 17.2 Å². The van der Waals surface area contributed by atoms with Gasteiger partial charge in [0, 0.05) is 41.2 Å². The van der Waals surface area contributed by atoms with E-state index in [1.54, 1.807) is 0 Å². The summed E-state index contributed by atoms with van der Waals surface area (Å²) in [4.78, 5) is 19.3. The average molecular weight is 549 g/mol. The van der Waals surface area contributed by atoms with Gasteiger partial charge in [0.05, 0.1) is 11.6 Å². The van der Waals surface area contributed by atoms with Crippen LogP contribution in [0.3, 0.4) is 0 Å². The molecule has 2 aromatic carbocycles. The summed E-state index contributed by atoms with van der Waals surface area (Å²) in [6, 6.07) is 13.5. The fourth-order valence-corrected chi connectivity index (χ4v) is 5.60. The van der Waals surface area contributed by atoms with E-state index in [1.165, 1.54) is 0 Å². The van der Waals surface area contributed by atoms with Gasteiger partial charge >= 0.3 is 0 Å². The summed E-state index contributed by atoms with van der Waals surface area (Å²) in [5, 5.41) is 14.8. The number of nitrogens with one attached hydrogen (secondary N) is 1. The molecule has 4 aromatic rings. The van der Waals surface area contributed by atoms with Crippen LogP contribution in [0.2, 0.25) is 5.02 Å². The van der Waals surface area contributed by atoms with Crippen LogP contribution >= 0.6 is 11.6 Å². The standard InChI is InChI=1S/C30H37ClN6O2/c1-6-30(4,5)37-28(33-34-35-37)27(25-16-24-20(3)14-19(2)15-26(24)32-29(25)38)36(18-23-8-7-13-39-23)17-21-9-11-22(31)12-10-21/h9-12,14-16,23,27H,6-8,13,17-18H2,1-5H3,(H,32,38)/t23-,27+/m1/s1. The normalized spacial score (nSPS) is 16.8. The minimum Gasteiger partial charge on any atom is -0.377 e. The minimum atomic E-state index is -0.500. The summed E-state index contributed by atoms with van der Waals surface area (Å²) in [6.07, 6.45) is 2.89. The number of tetrazole rings is 1. The highest BCUT2D eigenvalue weighted by atomic mass is 35.5. The monoisotopic (exact) mass is 548 g/mol. The molecule has 206 valence electrons. The van der Waals surface area contributed by atoms with Crippen molar-refractivity contribution in [3.63, 3.8) is 0 Å². The molecule has 5 rings (SSSR count). The Morgan fingerprint density at radius 3 is 2.67 bits per heavy atom. The molecule has 8 nitrogen and oxygen atoms in total. The van der Waals surface area contributed by atoms with E-state index >= 15 is 0 Å². The molecular formula is C30H37ClN6O2. The van der Waals surface area contributed by atoms with Crippen molar-refractivity contribution in [3.8, 4) is 0 Å². The van der Waals surface area contributed by atoms with Gasteiger partial charge in [-0.3, -0.25) is 9.69 Å². The number of halogens is 1. The first kappa shape index (κ1) is 27.5. The minimum absolute atomic E-state index is 0.0623. The van der Waals surface area contributed by atoms with E-state index in [4.69, 9.17) is 16.3 Å². The van der Waals surface area contributed by atoms with E-state index < -0.39 is 6.04 Å². The maximum atomic E-state index is 13.9. The number of benzene rings is 2. The van der Waals surface area contributed by atoms with Gasteiger partial charge in [0.25, 0.3) is 5.56 Å². The second kappa shape index (κ2) is 11.2. The van der Waals surface area contributed by atoms with Crippen LogP contribution in [0.1, 0.15) is 74.2 Å². The smallest absolute Gasteiger partial charge is 0.253 e. The third-order valence-corrected chi connectivity index (χ3v) is 8.19. The summed E-state index contributed by atoms with van der Waals surface area (Å²) in [6.45, 7) is 12.4. The highest BCUT2D eigenvalue weighted by Crippen LogP contribution is 2.33. The Labute approximate surface area is 234 Å². The van der Waals surface area contributed by atoms with E-state index in [0.29, 0.717) is 29.5 Å². The van der Waals surface area contributed by atoms with Crippen LogP contribution in [-0.4, -0.2) is 49.3 Å². The lowest BCUT2D eigenvalue weighted by Crippen LogP contribution is -2.41. The number of aryl methyl sites for hydroxylation is 2. The molecule has 2 aromatic heterocycles. The zero-order valence-corrected chi connectivity index (χ0v) is 24.1. The van der Waals surface area contributed by atoms with Crippen molar-refractivity contribution in [1.29, 1.82) is 0 Å². The first-order valence-corrected chi connectivity index (χ1v) is 14.1. The molecule has 3 heterocycles. The summed E-state index contributed by atoms with van der Waals surface area (Å²) < 4.78 is 7.97. The maximum Gasteiger partial charge on any atom is 0.253 e. The molecule has 2 atom stereocenters. The summed E-state index contributed by atoms with van der Waals surface area (Å²) >= 11 is 6.21. The van der Waals surface area contributed by atoms with Crippen LogP contribution in [0.5, 0.6) is 0 Å². The lowest BCUT2D eigenvalue weighted by Gasteiger charge is -2.35. The Morgan fingerprint density at radius 2 is 1.97 bits per heavy atom. The number of aromatic nitrogens is 5. The Hall–Kier alpha value is -3.07. The van der Waals surface area contributed by atoms with Crippen molar-refractivity contribution >= 4 is 22.5 Å². The van der Waals surface area contributed by atoms with Crippen LogP contribution in [0.25, 0.3) is 10.9 Å². The van der Waals surface area contributed by atoms with Gasteiger partial charge in [-0.2, -0.15) is 0 Å². The van der Waals surface area contributed by atoms with Crippen molar-refractivity contribution in [2.24, 2.45) is 0 Å². The molecule has 1 aliphatic heterocycles. The van der Waals surface area contributed by atoms with Crippen molar-refractivity contribution in [3.05, 3.63) is 85.9 Å². The van der Waals surface area contributed by atoms with Crippen LogP contribution in [0, 0.1) is 13.8 Å². The number of ether oxygens (including phenoxy) is 1. The fraction of sp³-hybridized carbons (Fsp3) is 0.467. The van der Waals surface area contributed by atoms with Gasteiger partial charge in [-0.1, -0.05) is 36.7 Å². The van der Waals surface area contributed by atoms with Gasteiger partial charge < -0.3 is 9.72 Å². The Morgan fingerprint density at radius 1 is 1.21 bits per heavy atom. The number of rotatable bonds is 9. The molecule has 1 saturated heterocycles. The third kappa shape index (κ3) is 5.78. The number of nitrogens with zero attached hydrogens (tertiary/aromatic N) is 5.